The first kappa shape index (κ1) is 23.2. The Labute approximate surface area is 186 Å². The highest BCUT2D eigenvalue weighted by Gasteiger charge is 2.09. The monoisotopic (exact) mass is 444 g/mol. The van der Waals surface area contributed by atoms with Gasteiger partial charge < -0.3 is 20.7 Å². The van der Waals surface area contributed by atoms with Crippen molar-refractivity contribution in [2.24, 2.45) is 0 Å². The van der Waals surface area contributed by atoms with Crippen LogP contribution in [-0.4, -0.2) is 28.1 Å². The third kappa shape index (κ3) is 7.76. The molecule has 0 fully saturated rings. The number of carbonyl (C=O) groups excluding carboxylic acids is 2. The Balaban J connectivity index is 1.86. The van der Waals surface area contributed by atoms with Crippen molar-refractivity contribution in [3.05, 3.63) is 54.1 Å². The van der Waals surface area contributed by atoms with E-state index in [1.165, 1.54) is 0 Å². The molecule has 0 bridgehead atoms. The topological polar surface area (TPSA) is 91.5 Å². The Kier molecular flexibility index (Phi) is 8.70. The van der Waals surface area contributed by atoms with Crippen LogP contribution in [0.25, 0.3) is 0 Å². The number of anilines is 2. The molecule has 4 N–H and O–H groups in total. The van der Waals surface area contributed by atoms with E-state index in [0.29, 0.717) is 29.1 Å². The van der Waals surface area contributed by atoms with Crippen molar-refractivity contribution in [2.75, 3.05) is 10.6 Å². The highest BCUT2D eigenvalue weighted by molar-refractivity contribution is 7.80. The SMILES string of the molecule is CCC(=O)NC(=S)Nc1ccc(NC(=S)NC(=O)c2ccc(OC(C)C)cc2)cc1. The van der Waals surface area contributed by atoms with Gasteiger partial charge in [-0.25, -0.2) is 0 Å². The van der Waals surface area contributed by atoms with Crippen molar-refractivity contribution in [1.82, 2.24) is 10.6 Å². The molecule has 0 aliphatic heterocycles. The maximum absolute atomic E-state index is 12.3. The summed E-state index contributed by atoms with van der Waals surface area (Å²) in [5.41, 5.74) is 1.87. The molecule has 158 valence electrons. The second-order valence-corrected chi connectivity index (χ2v) is 7.35. The van der Waals surface area contributed by atoms with Crippen LogP contribution in [0.15, 0.2) is 48.5 Å². The molecule has 2 aromatic rings. The van der Waals surface area contributed by atoms with Crippen LogP contribution in [0.4, 0.5) is 11.4 Å². The van der Waals surface area contributed by atoms with Crippen LogP contribution in [0, 0.1) is 0 Å². The van der Waals surface area contributed by atoms with Crippen LogP contribution in [0.1, 0.15) is 37.6 Å². The molecule has 0 aromatic heterocycles. The smallest absolute Gasteiger partial charge is 0.257 e. The molecule has 0 aliphatic carbocycles. The number of rotatable bonds is 6. The largest absolute Gasteiger partial charge is 0.491 e. The average molecular weight is 445 g/mol. The maximum atomic E-state index is 12.3. The molecule has 0 unspecified atom stereocenters. The van der Waals surface area contributed by atoms with Crippen LogP contribution in [0.5, 0.6) is 5.75 Å². The van der Waals surface area contributed by atoms with Gasteiger partial charge >= 0.3 is 0 Å². The van der Waals surface area contributed by atoms with Crippen molar-refractivity contribution >= 4 is 57.8 Å². The van der Waals surface area contributed by atoms with Gasteiger partial charge in [0.05, 0.1) is 6.10 Å². The van der Waals surface area contributed by atoms with E-state index in [4.69, 9.17) is 29.2 Å². The summed E-state index contributed by atoms with van der Waals surface area (Å²) in [6.07, 6.45) is 0.415. The zero-order chi connectivity index (χ0) is 22.1. The fourth-order valence-electron chi connectivity index (χ4n) is 2.31. The minimum atomic E-state index is -0.320. The predicted molar refractivity (Wildman–Crippen MR) is 127 cm³/mol. The highest BCUT2D eigenvalue weighted by Crippen LogP contribution is 2.15. The van der Waals surface area contributed by atoms with E-state index in [-0.39, 0.29) is 28.1 Å². The molecule has 0 saturated heterocycles. The zero-order valence-corrected chi connectivity index (χ0v) is 18.6. The summed E-state index contributed by atoms with van der Waals surface area (Å²) >= 11 is 10.3. The summed E-state index contributed by atoms with van der Waals surface area (Å²) in [6.45, 7) is 5.62. The number of nitrogens with one attached hydrogen (secondary N) is 4. The summed E-state index contributed by atoms with van der Waals surface area (Å²) in [7, 11) is 0. The van der Waals surface area contributed by atoms with Crippen LogP contribution >= 0.6 is 24.4 Å². The Morgan fingerprint density at radius 3 is 1.83 bits per heavy atom. The number of benzene rings is 2. The van der Waals surface area contributed by atoms with Crippen LogP contribution in [-0.2, 0) is 4.79 Å². The molecule has 7 nitrogen and oxygen atoms in total. The van der Waals surface area contributed by atoms with Gasteiger partial charge in [-0.2, -0.15) is 0 Å². The van der Waals surface area contributed by atoms with E-state index in [2.05, 4.69) is 21.3 Å². The van der Waals surface area contributed by atoms with Crippen molar-refractivity contribution in [1.29, 1.82) is 0 Å². The fraction of sp³-hybridized carbons (Fsp3) is 0.238. The number of ether oxygens (including phenoxy) is 1. The summed E-state index contributed by atoms with van der Waals surface area (Å²) in [4.78, 5) is 23.7. The summed E-state index contributed by atoms with van der Waals surface area (Å²) in [5, 5.41) is 11.5. The average Bonchev–Trinajstić information content (AvgIpc) is 2.69. The second-order valence-electron chi connectivity index (χ2n) is 6.53. The molecule has 0 radical (unpaired) electrons. The number of carbonyl (C=O) groups is 2. The molecule has 9 heteroatoms. The lowest BCUT2D eigenvalue weighted by Gasteiger charge is -2.12. The van der Waals surface area contributed by atoms with Gasteiger partial charge in [0.25, 0.3) is 5.91 Å². The van der Waals surface area contributed by atoms with Gasteiger partial charge in [0.1, 0.15) is 5.75 Å². The standard InChI is InChI=1S/C21H24N4O3S2/c1-4-18(26)24-20(29)22-15-7-9-16(10-8-15)23-21(30)25-19(27)14-5-11-17(12-6-14)28-13(2)3/h5-13H,4H2,1-3H3,(H2,22,24,26,29)(H2,23,25,27,30). The van der Waals surface area contributed by atoms with Gasteiger partial charge in [-0.3, -0.25) is 14.9 Å². The molecule has 0 aliphatic rings. The van der Waals surface area contributed by atoms with Crippen molar-refractivity contribution < 1.29 is 14.3 Å². The number of thiocarbonyl (C=S) groups is 2. The highest BCUT2D eigenvalue weighted by atomic mass is 32.1. The number of hydrogen-bond donors (Lipinski definition) is 4. The molecule has 2 rings (SSSR count). The first-order valence-electron chi connectivity index (χ1n) is 9.36. The van der Waals surface area contributed by atoms with Gasteiger partial charge in [0.15, 0.2) is 10.2 Å². The summed E-state index contributed by atoms with van der Waals surface area (Å²) in [6, 6.07) is 13.9. The minimum absolute atomic E-state index is 0.0636. The fourth-order valence-corrected chi connectivity index (χ4v) is 2.75. The molecular weight excluding hydrogens is 420 g/mol. The van der Waals surface area contributed by atoms with E-state index in [0.717, 1.165) is 0 Å². The third-order valence-electron chi connectivity index (χ3n) is 3.69. The number of hydrogen-bond acceptors (Lipinski definition) is 5. The Morgan fingerprint density at radius 2 is 1.37 bits per heavy atom. The first-order valence-corrected chi connectivity index (χ1v) is 10.2. The molecular formula is C21H24N4O3S2. The lowest BCUT2D eigenvalue weighted by Crippen LogP contribution is -2.34. The summed E-state index contributed by atoms with van der Waals surface area (Å²) < 4.78 is 5.56. The van der Waals surface area contributed by atoms with E-state index < -0.39 is 0 Å². The van der Waals surface area contributed by atoms with Crippen LogP contribution < -0.4 is 26.0 Å². The molecule has 2 amide bonds. The molecule has 0 heterocycles. The Bertz CT molecular complexity index is 913. The van der Waals surface area contributed by atoms with Gasteiger partial charge in [-0.1, -0.05) is 6.92 Å². The van der Waals surface area contributed by atoms with E-state index >= 15 is 0 Å². The Morgan fingerprint density at radius 1 is 0.867 bits per heavy atom. The first-order chi connectivity index (χ1) is 14.3. The maximum Gasteiger partial charge on any atom is 0.257 e. The van der Waals surface area contributed by atoms with E-state index in [1.54, 1.807) is 55.5 Å². The normalized spacial score (nSPS) is 10.1. The van der Waals surface area contributed by atoms with E-state index in [1.807, 2.05) is 13.8 Å². The van der Waals surface area contributed by atoms with Crippen LogP contribution in [0.2, 0.25) is 0 Å². The van der Waals surface area contributed by atoms with Gasteiger partial charge in [-0.15, -0.1) is 0 Å². The van der Waals surface area contributed by atoms with Gasteiger partial charge in [0, 0.05) is 23.4 Å². The number of amides is 2. The quantitative estimate of drug-likeness (QED) is 0.504. The lowest BCUT2D eigenvalue weighted by atomic mass is 10.2. The molecule has 0 spiro atoms. The molecule has 0 atom stereocenters. The van der Waals surface area contributed by atoms with Gasteiger partial charge in [0.2, 0.25) is 5.91 Å². The molecule has 2 aromatic carbocycles. The minimum Gasteiger partial charge on any atom is -0.491 e. The zero-order valence-electron chi connectivity index (χ0n) is 16.9. The predicted octanol–water partition coefficient (Wildman–Crippen LogP) is 3.82. The van der Waals surface area contributed by atoms with Crippen LogP contribution in [0.3, 0.4) is 0 Å². The second kappa shape index (κ2) is 11.2. The molecule has 30 heavy (non-hydrogen) atoms. The lowest BCUT2D eigenvalue weighted by molar-refractivity contribution is -0.119. The third-order valence-corrected chi connectivity index (χ3v) is 4.10. The van der Waals surface area contributed by atoms with E-state index in [9.17, 15) is 9.59 Å². The Hall–Kier alpha value is -3.04. The summed E-state index contributed by atoms with van der Waals surface area (Å²) in [5.74, 6) is 0.220. The van der Waals surface area contributed by atoms with Crippen molar-refractivity contribution in [3.8, 4) is 5.75 Å². The molecule has 0 saturated carbocycles. The van der Waals surface area contributed by atoms with Gasteiger partial charge in [-0.05, 0) is 86.8 Å². The van der Waals surface area contributed by atoms with Crippen molar-refractivity contribution in [3.63, 3.8) is 0 Å². The van der Waals surface area contributed by atoms with Crippen molar-refractivity contribution in [2.45, 2.75) is 33.3 Å².